The van der Waals surface area contributed by atoms with Gasteiger partial charge in [0, 0.05) is 17.7 Å². The normalized spacial score (nSPS) is 13.9. The van der Waals surface area contributed by atoms with Gasteiger partial charge >= 0.3 is 5.97 Å². The van der Waals surface area contributed by atoms with Crippen molar-refractivity contribution in [2.24, 2.45) is 4.99 Å². The first-order valence-electron chi connectivity index (χ1n) is 7.20. The van der Waals surface area contributed by atoms with E-state index in [1.54, 1.807) is 24.3 Å². The van der Waals surface area contributed by atoms with Crippen LogP contribution in [0.25, 0.3) is 0 Å². The maximum atomic E-state index is 14.0. The van der Waals surface area contributed by atoms with E-state index < -0.39 is 23.1 Å². The third-order valence-corrected chi connectivity index (χ3v) is 3.97. The molecule has 2 aromatic rings. The summed E-state index contributed by atoms with van der Waals surface area (Å²) in [6, 6.07) is 9.46. The van der Waals surface area contributed by atoms with Crippen molar-refractivity contribution in [3.05, 3.63) is 69.7 Å². The van der Waals surface area contributed by atoms with Gasteiger partial charge in [-0.1, -0.05) is 35.9 Å². The number of aliphatic imine (C=N–C) groups is 1. The van der Waals surface area contributed by atoms with Crippen molar-refractivity contribution in [3.8, 4) is 0 Å². The maximum Gasteiger partial charge on any atom is 0.331 e. The Morgan fingerprint density at radius 3 is 2.42 bits per heavy atom. The van der Waals surface area contributed by atoms with E-state index in [1.807, 2.05) is 0 Å². The van der Waals surface area contributed by atoms with E-state index in [4.69, 9.17) is 11.6 Å². The highest BCUT2D eigenvalue weighted by atomic mass is 35.5. The molecule has 0 saturated heterocycles. The lowest BCUT2D eigenvalue weighted by Crippen LogP contribution is -2.36. The van der Waals surface area contributed by atoms with E-state index in [-0.39, 0.29) is 17.5 Å². The molecule has 0 bridgehead atoms. The number of hydrogen-bond acceptors (Lipinski definition) is 2. The fourth-order valence-corrected chi connectivity index (χ4v) is 2.26. The monoisotopic (exact) mass is 351 g/mol. The second kappa shape index (κ2) is 7.09. The minimum atomic E-state index is -1.62. The number of halogens is 3. The Bertz CT molecular complexity index is 790. The van der Waals surface area contributed by atoms with Gasteiger partial charge < -0.3 is 5.11 Å². The van der Waals surface area contributed by atoms with E-state index in [0.29, 0.717) is 10.6 Å². The van der Waals surface area contributed by atoms with Crippen molar-refractivity contribution in [1.82, 2.24) is 0 Å². The largest absolute Gasteiger partial charge is 0.479 e. The second-order valence-corrected chi connectivity index (χ2v) is 6.17. The minimum Gasteiger partial charge on any atom is -0.479 e. The van der Waals surface area contributed by atoms with Crippen molar-refractivity contribution in [1.29, 1.82) is 0 Å². The van der Waals surface area contributed by atoms with Gasteiger partial charge in [-0.25, -0.2) is 13.6 Å². The van der Waals surface area contributed by atoms with Gasteiger partial charge in [-0.05, 0) is 42.7 Å². The molecule has 0 heterocycles. The number of carboxylic acid groups (broad SMARTS) is 1. The minimum absolute atomic E-state index is 0.0312. The zero-order valence-corrected chi connectivity index (χ0v) is 13.9. The fourth-order valence-electron chi connectivity index (χ4n) is 2.14. The average Bonchev–Trinajstić information content (AvgIpc) is 2.55. The summed E-state index contributed by atoms with van der Waals surface area (Å²) >= 11 is 5.79. The quantitative estimate of drug-likeness (QED) is 0.810. The van der Waals surface area contributed by atoms with Crippen LogP contribution in [-0.4, -0.2) is 22.8 Å². The topological polar surface area (TPSA) is 49.7 Å². The first-order valence-corrected chi connectivity index (χ1v) is 7.58. The molecule has 0 aliphatic carbocycles. The third kappa shape index (κ3) is 3.97. The molecule has 0 aliphatic heterocycles. The molecule has 0 aliphatic rings. The van der Waals surface area contributed by atoms with E-state index in [1.165, 1.54) is 32.2 Å². The molecule has 0 fully saturated rings. The van der Waals surface area contributed by atoms with Gasteiger partial charge in [0.15, 0.2) is 17.2 Å². The molecule has 126 valence electrons. The van der Waals surface area contributed by atoms with E-state index in [9.17, 15) is 18.7 Å². The number of hydrogen-bond donors (Lipinski definition) is 1. The molecule has 0 saturated carbocycles. The Kier molecular flexibility index (Phi) is 5.34. The maximum absolute atomic E-state index is 14.0. The zero-order valence-electron chi connectivity index (χ0n) is 13.2. The summed E-state index contributed by atoms with van der Waals surface area (Å²) in [7, 11) is 0. The molecule has 0 spiro atoms. The summed E-state index contributed by atoms with van der Waals surface area (Å²) in [5.74, 6) is -3.24. The molecule has 1 unspecified atom stereocenters. The predicted octanol–water partition coefficient (Wildman–Crippen LogP) is 4.43. The molecule has 1 atom stereocenters. The molecule has 2 aromatic carbocycles. The van der Waals surface area contributed by atoms with Crippen molar-refractivity contribution >= 4 is 23.8 Å². The van der Waals surface area contributed by atoms with Crippen molar-refractivity contribution in [2.75, 3.05) is 0 Å². The second-order valence-electron chi connectivity index (χ2n) is 5.74. The number of nitrogens with zero attached hydrogens (tertiary/aromatic N) is 1. The smallest absolute Gasteiger partial charge is 0.331 e. The van der Waals surface area contributed by atoms with Crippen LogP contribution in [0, 0.1) is 18.6 Å². The van der Waals surface area contributed by atoms with Gasteiger partial charge in [-0.3, -0.25) is 4.99 Å². The SMILES string of the molecule is Cc1ccc(CC(C)(/N=C/c2ccc(Cl)cc2)C(=O)O)c(F)c1F. The molecule has 0 aromatic heterocycles. The highest BCUT2D eigenvalue weighted by molar-refractivity contribution is 6.30. The van der Waals surface area contributed by atoms with Crippen LogP contribution in [0.1, 0.15) is 23.6 Å². The summed E-state index contributed by atoms with van der Waals surface area (Å²) < 4.78 is 27.7. The Labute approximate surface area is 143 Å². The lowest BCUT2D eigenvalue weighted by atomic mass is 9.92. The molecule has 24 heavy (non-hydrogen) atoms. The Morgan fingerprint density at radius 2 is 1.83 bits per heavy atom. The molecular weight excluding hydrogens is 336 g/mol. The Morgan fingerprint density at radius 1 is 1.21 bits per heavy atom. The molecule has 3 nitrogen and oxygen atoms in total. The summed E-state index contributed by atoms with van der Waals surface area (Å²) in [4.78, 5) is 15.7. The molecule has 1 N–H and O–H groups in total. The van der Waals surface area contributed by atoms with E-state index >= 15 is 0 Å². The first kappa shape index (κ1) is 18.1. The first-order chi connectivity index (χ1) is 11.2. The summed E-state index contributed by atoms with van der Waals surface area (Å²) in [5.41, 5.74) is -0.834. The number of aryl methyl sites for hydroxylation is 1. The molecule has 2 rings (SSSR count). The lowest BCUT2D eigenvalue weighted by molar-refractivity contribution is -0.142. The third-order valence-electron chi connectivity index (χ3n) is 3.72. The van der Waals surface area contributed by atoms with Gasteiger partial charge in [0.05, 0.1) is 0 Å². The van der Waals surface area contributed by atoms with Gasteiger partial charge in [0.1, 0.15) is 0 Å². The Balaban J connectivity index is 2.32. The number of carboxylic acids is 1. The molecule has 0 radical (unpaired) electrons. The molecule has 6 heteroatoms. The number of benzene rings is 2. The highest BCUT2D eigenvalue weighted by Crippen LogP contribution is 2.23. The van der Waals surface area contributed by atoms with E-state index in [0.717, 1.165) is 0 Å². The highest BCUT2D eigenvalue weighted by Gasteiger charge is 2.33. The van der Waals surface area contributed by atoms with Crippen LogP contribution in [0.15, 0.2) is 41.4 Å². The number of aliphatic carboxylic acids is 1. The predicted molar refractivity (Wildman–Crippen MR) is 89.9 cm³/mol. The summed E-state index contributed by atoms with van der Waals surface area (Å²) in [6.07, 6.45) is 1.11. The lowest BCUT2D eigenvalue weighted by Gasteiger charge is -2.21. The van der Waals surface area contributed by atoms with Crippen LogP contribution >= 0.6 is 11.6 Å². The van der Waals surface area contributed by atoms with Crippen molar-refractivity contribution < 1.29 is 18.7 Å². The molecule has 0 amide bonds. The fraction of sp³-hybridized carbons (Fsp3) is 0.222. The summed E-state index contributed by atoms with van der Waals surface area (Å²) in [6.45, 7) is 2.80. The Hall–Kier alpha value is -2.27. The van der Waals surface area contributed by atoms with Crippen molar-refractivity contribution in [2.45, 2.75) is 25.8 Å². The van der Waals surface area contributed by atoms with Gasteiger partial charge in [0.2, 0.25) is 0 Å². The van der Waals surface area contributed by atoms with E-state index in [2.05, 4.69) is 4.99 Å². The number of carbonyl (C=O) groups is 1. The van der Waals surface area contributed by atoms with Crippen LogP contribution in [0.2, 0.25) is 5.02 Å². The van der Waals surface area contributed by atoms with Crippen LogP contribution < -0.4 is 0 Å². The van der Waals surface area contributed by atoms with Crippen LogP contribution in [-0.2, 0) is 11.2 Å². The van der Waals surface area contributed by atoms with Crippen LogP contribution in [0.4, 0.5) is 8.78 Å². The van der Waals surface area contributed by atoms with Gasteiger partial charge in [0.25, 0.3) is 0 Å². The summed E-state index contributed by atoms with van der Waals surface area (Å²) in [5, 5.41) is 10.0. The van der Waals surface area contributed by atoms with Crippen molar-refractivity contribution in [3.63, 3.8) is 0 Å². The molecular formula is C18H16ClF2NO2. The van der Waals surface area contributed by atoms with Crippen LogP contribution in [0.3, 0.4) is 0 Å². The van der Waals surface area contributed by atoms with Gasteiger partial charge in [-0.15, -0.1) is 0 Å². The standard InChI is InChI=1S/C18H16ClF2NO2/c1-11-3-6-13(16(21)15(11)20)9-18(2,17(23)24)22-10-12-4-7-14(19)8-5-12/h3-8,10H,9H2,1-2H3,(H,23,24)/b22-10+. The zero-order chi connectivity index (χ0) is 17.9. The van der Waals surface area contributed by atoms with Gasteiger partial charge in [-0.2, -0.15) is 0 Å². The number of rotatable bonds is 5. The average molecular weight is 352 g/mol. The van der Waals surface area contributed by atoms with Crippen LogP contribution in [0.5, 0.6) is 0 Å².